The Bertz CT molecular complexity index is 936. The second-order valence-electron chi connectivity index (χ2n) is 7.30. The lowest BCUT2D eigenvalue weighted by Crippen LogP contribution is -2.22. The van der Waals surface area contributed by atoms with Crippen LogP contribution >= 0.6 is 23.2 Å². The van der Waals surface area contributed by atoms with Crippen molar-refractivity contribution in [1.29, 1.82) is 0 Å². The molecule has 4 nitrogen and oxygen atoms in total. The van der Waals surface area contributed by atoms with Gasteiger partial charge in [-0.3, -0.25) is 4.98 Å². The standard InChI is InChI=1S/C23H24Cl2N4/c24-19-8-4-17(5-9-19)22-23(18-6-10-20(25)11-7-18)28-21(16-27-22)26-12-3-15-29-13-1-2-14-29/h4-11,16H,1-3,12-15H2,(H,26,28). The highest BCUT2D eigenvalue weighted by Gasteiger charge is 2.13. The maximum absolute atomic E-state index is 6.08. The van der Waals surface area contributed by atoms with Gasteiger partial charge in [-0.05, 0) is 63.2 Å². The molecule has 0 radical (unpaired) electrons. The Morgan fingerprint density at radius 1 is 0.828 bits per heavy atom. The van der Waals surface area contributed by atoms with Crippen molar-refractivity contribution in [3.05, 3.63) is 64.8 Å². The Morgan fingerprint density at radius 3 is 2.03 bits per heavy atom. The minimum atomic E-state index is 0.700. The van der Waals surface area contributed by atoms with E-state index < -0.39 is 0 Å². The van der Waals surface area contributed by atoms with Crippen LogP contribution in [-0.4, -0.2) is 41.0 Å². The first-order chi connectivity index (χ1) is 14.2. The van der Waals surface area contributed by atoms with Crippen molar-refractivity contribution in [2.45, 2.75) is 19.3 Å². The van der Waals surface area contributed by atoms with Crippen LogP contribution in [0.2, 0.25) is 10.0 Å². The van der Waals surface area contributed by atoms with E-state index in [1.165, 1.54) is 25.9 Å². The van der Waals surface area contributed by atoms with Gasteiger partial charge in [0.15, 0.2) is 0 Å². The van der Waals surface area contributed by atoms with E-state index in [4.69, 9.17) is 33.2 Å². The Balaban J connectivity index is 1.55. The minimum absolute atomic E-state index is 0.700. The van der Waals surface area contributed by atoms with Gasteiger partial charge in [-0.15, -0.1) is 0 Å². The first kappa shape index (κ1) is 20.1. The third kappa shape index (κ3) is 5.27. The van der Waals surface area contributed by atoms with Crippen molar-refractivity contribution in [3.63, 3.8) is 0 Å². The van der Waals surface area contributed by atoms with E-state index in [0.717, 1.165) is 47.8 Å². The van der Waals surface area contributed by atoms with Crippen LogP contribution in [0.1, 0.15) is 19.3 Å². The lowest BCUT2D eigenvalue weighted by atomic mass is 10.0. The number of anilines is 1. The highest BCUT2D eigenvalue weighted by molar-refractivity contribution is 6.31. The SMILES string of the molecule is Clc1ccc(-c2ncc(NCCCN3CCCC3)nc2-c2ccc(Cl)cc2)cc1. The Labute approximate surface area is 181 Å². The number of nitrogens with one attached hydrogen (secondary N) is 1. The number of rotatable bonds is 7. The molecular formula is C23H24Cl2N4. The maximum atomic E-state index is 6.08. The van der Waals surface area contributed by atoms with Gasteiger partial charge in [-0.1, -0.05) is 47.5 Å². The normalized spacial score (nSPS) is 14.3. The Morgan fingerprint density at radius 2 is 1.41 bits per heavy atom. The molecule has 150 valence electrons. The molecule has 6 heteroatoms. The molecule has 0 saturated carbocycles. The lowest BCUT2D eigenvalue weighted by molar-refractivity contribution is 0.337. The highest BCUT2D eigenvalue weighted by atomic mass is 35.5. The molecular weight excluding hydrogens is 403 g/mol. The molecule has 4 rings (SSSR count). The van der Waals surface area contributed by atoms with Crippen LogP contribution in [-0.2, 0) is 0 Å². The van der Waals surface area contributed by atoms with Crippen molar-refractivity contribution in [3.8, 4) is 22.5 Å². The lowest BCUT2D eigenvalue weighted by Gasteiger charge is -2.15. The predicted molar refractivity (Wildman–Crippen MR) is 122 cm³/mol. The van der Waals surface area contributed by atoms with Gasteiger partial charge in [0, 0.05) is 27.7 Å². The van der Waals surface area contributed by atoms with E-state index in [9.17, 15) is 0 Å². The second-order valence-corrected chi connectivity index (χ2v) is 8.17. The summed E-state index contributed by atoms with van der Waals surface area (Å²) in [6.07, 6.45) is 5.56. The molecule has 0 amide bonds. The zero-order valence-corrected chi connectivity index (χ0v) is 17.8. The van der Waals surface area contributed by atoms with E-state index in [1.807, 2.05) is 48.5 Å². The van der Waals surface area contributed by atoms with Crippen LogP contribution in [0, 0.1) is 0 Å². The monoisotopic (exact) mass is 426 g/mol. The van der Waals surface area contributed by atoms with Crippen LogP contribution in [0.5, 0.6) is 0 Å². The van der Waals surface area contributed by atoms with Crippen LogP contribution < -0.4 is 5.32 Å². The van der Waals surface area contributed by atoms with Crippen LogP contribution in [0.3, 0.4) is 0 Å². The molecule has 1 aliphatic heterocycles. The first-order valence-corrected chi connectivity index (χ1v) is 10.8. The zero-order chi connectivity index (χ0) is 20.1. The Hall–Kier alpha value is -2.14. The molecule has 29 heavy (non-hydrogen) atoms. The topological polar surface area (TPSA) is 41.1 Å². The van der Waals surface area contributed by atoms with E-state index in [-0.39, 0.29) is 0 Å². The maximum Gasteiger partial charge on any atom is 0.145 e. The summed E-state index contributed by atoms with van der Waals surface area (Å²) in [5.74, 6) is 0.786. The molecule has 0 unspecified atom stereocenters. The van der Waals surface area contributed by atoms with Crippen molar-refractivity contribution in [1.82, 2.24) is 14.9 Å². The molecule has 0 atom stereocenters. The summed E-state index contributed by atoms with van der Waals surface area (Å²) < 4.78 is 0. The number of hydrogen-bond acceptors (Lipinski definition) is 4. The zero-order valence-electron chi connectivity index (χ0n) is 16.2. The average Bonchev–Trinajstić information content (AvgIpc) is 3.26. The number of aromatic nitrogens is 2. The van der Waals surface area contributed by atoms with Crippen LogP contribution in [0.4, 0.5) is 5.82 Å². The molecule has 1 fully saturated rings. The molecule has 0 aliphatic carbocycles. The van der Waals surface area contributed by atoms with Crippen molar-refractivity contribution in [2.75, 3.05) is 31.5 Å². The number of nitrogens with zero attached hydrogens (tertiary/aromatic N) is 3. The van der Waals surface area contributed by atoms with Gasteiger partial charge in [0.2, 0.25) is 0 Å². The summed E-state index contributed by atoms with van der Waals surface area (Å²) in [4.78, 5) is 12.1. The van der Waals surface area contributed by atoms with Gasteiger partial charge >= 0.3 is 0 Å². The smallest absolute Gasteiger partial charge is 0.145 e. The summed E-state index contributed by atoms with van der Waals surface area (Å²) in [7, 11) is 0. The van der Waals surface area contributed by atoms with Crippen LogP contribution in [0.25, 0.3) is 22.5 Å². The van der Waals surface area contributed by atoms with E-state index in [0.29, 0.717) is 10.0 Å². The molecule has 1 N–H and O–H groups in total. The fourth-order valence-electron chi connectivity index (χ4n) is 3.63. The van der Waals surface area contributed by atoms with Crippen molar-refractivity contribution in [2.24, 2.45) is 0 Å². The fraction of sp³-hybridized carbons (Fsp3) is 0.304. The highest BCUT2D eigenvalue weighted by Crippen LogP contribution is 2.31. The molecule has 2 aromatic carbocycles. The van der Waals surface area contributed by atoms with E-state index in [2.05, 4.69) is 10.2 Å². The van der Waals surface area contributed by atoms with E-state index in [1.54, 1.807) is 6.20 Å². The molecule has 2 heterocycles. The summed E-state index contributed by atoms with van der Waals surface area (Å²) in [5, 5.41) is 4.83. The summed E-state index contributed by atoms with van der Waals surface area (Å²) in [6, 6.07) is 15.4. The summed E-state index contributed by atoms with van der Waals surface area (Å²) in [6.45, 7) is 4.48. The van der Waals surface area contributed by atoms with Gasteiger partial charge < -0.3 is 10.2 Å². The van der Waals surface area contributed by atoms with Gasteiger partial charge in [0.05, 0.1) is 17.6 Å². The molecule has 0 bridgehead atoms. The number of halogens is 2. The summed E-state index contributed by atoms with van der Waals surface area (Å²) in [5.41, 5.74) is 3.61. The fourth-order valence-corrected chi connectivity index (χ4v) is 3.88. The van der Waals surface area contributed by atoms with Gasteiger partial charge in [-0.2, -0.15) is 0 Å². The predicted octanol–water partition coefficient (Wildman–Crippen LogP) is 6.02. The van der Waals surface area contributed by atoms with Crippen LogP contribution in [0.15, 0.2) is 54.7 Å². The first-order valence-electron chi connectivity index (χ1n) is 10.0. The summed E-state index contributed by atoms with van der Waals surface area (Å²) >= 11 is 12.1. The third-order valence-corrected chi connectivity index (χ3v) is 5.67. The van der Waals surface area contributed by atoms with Gasteiger partial charge in [0.1, 0.15) is 5.82 Å². The number of likely N-dealkylation sites (tertiary alicyclic amines) is 1. The molecule has 1 saturated heterocycles. The molecule has 3 aromatic rings. The van der Waals surface area contributed by atoms with Gasteiger partial charge in [-0.25, -0.2) is 4.98 Å². The number of hydrogen-bond donors (Lipinski definition) is 1. The van der Waals surface area contributed by atoms with Crippen molar-refractivity contribution < 1.29 is 0 Å². The number of benzene rings is 2. The minimum Gasteiger partial charge on any atom is -0.369 e. The quantitative estimate of drug-likeness (QED) is 0.469. The third-order valence-electron chi connectivity index (χ3n) is 5.16. The van der Waals surface area contributed by atoms with E-state index >= 15 is 0 Å². The second kappa shape index (κ2) is 9.57. The molecule has 0 spiro atoms. The average molecular weight is 427 g/mol. The largest absolute Gasteiger partial charge is 0.369 e. The van der Waals surface area contributed by atoms with Crippen molar-refractivity contribution >= 4 is 29.0 Å². The molecule has 1 aromatic heterocycles. The Kier molecular flexibility index (Phi) is 6.65. The molecule has 1 aliphatic rings. The van der Waals surface area contributed by atoms with Gasteiger partial charge in [0.25, 0.3) is 0 Å².